The molecule has 3 aliphatic heterocycles. The number of hydrogen-bond donors (Lipinski definition) is 11. The first kappa shape index (κ1) is 27.9. The molecule has 0 radical (unpaired) electrons. The van der Waals surface area contributed by atoms with Gasteiger partial charge in [0.2, 0.25) is 0 Å². The maximum atomic E-state index is 10.8. The van der Waals surface area contributed by atoms with E-state index in [2.05, 4.69) is 0 Å². The Morgan fingerprint density at radius 2 is 0.941 bits per heavy atom. The summed E-state index contributed by atoms with van der Waals surface area (Å²) in [5.41, 5.74) is 17.6. The zero-order valence-corrected chi connectivity index (χ0v) is 18.1. The molecular formula is C18H35N3O13. The van der Waals surface area contributed by atoms with Crippen LogP contribution in [0.5, 0.6) is 0 Å². The molecule has 3 saturated heterocycles. The van der Waals surface area contributed by atoms with Crippen molar-refractivity contribution in [2.75, 3.05) is 19.8 Å². The normalized spacial score (nSPS) is 52.5. The molecule has 0 bridgehead atoms. The Hall–Kier alpha value is -0.640. The second-order valence-corrected chi connectivity index (χ2v) is 8.59. The van der Waals surface area contributed by atoms with Gasteiger partial charge in [-0.2, -0.15) is 0 Å². The lowest BCUT2D eigenvalue weighted by molar-refractivity contribution is -0.348. The molecule has 3 heterocycles. The Kier molecular flexibility index (Phi) is 9.54. The van der Waals surface area contributed by atoms with Gasteiger partial charge in [-0.05, 0) is 0 Å². The lowest BCUT2D eigenvalue weighted by atomic mass is 9.94. The number of aliphatic hydroxyl groups excluding tert-OH is 8. The molecule has 0 aromatic carbocycles. The third kappa shape index (κ3) is 5.37. The Morgan fingerprint density at radius 3 is 1.44 bits per heavy atom. The molecule has 3 aliphatic rings. The highest BCUT2D eigenvalue weighted by molar-refractivity contribution is 4.98. The van der Waals surface area contributed by atoms with Crippen LogP contribution in [0.25, 0.3) is 0 Å². The molecule has 16 nitrogen and oxygen atoms in total. The lowest BCUT2D eigenvalue weighted by Crippen LogP contribution is -2.69. The summed E-state index contributed by atoms with van der Waals surface area (Å²) in [6.45, 7) is -2.00. The maximum absolute atomic E-state index is 10.8. The Morgan fingerprint density at radius 1 is 0.529 bits per heavy atom. The van der Waals surface area contributed by atoms with Gasteiger partial charge >= 0.3 is 0 Å². The molecule has 14 N–H and O–H groups in total. The van der Waals surface area contributed by atoms with Gasteiger partial charge in [-0.1, -0.05) is 0 Å². The zero-order chi connectivity index (χ0) is 25.3. The van der Waals surface area contributed by atoms with E-state index < -0.39 is 112 Å². The van der Waals surface area contributed by atoms with Crippen molar-refractivity contribution >= 4 is 0 Å². The lowest BCUT2D eigenvalue weighted by Gasteiger charge is -2.48. The van der Waals surface area contributed by atoms with Crippen LogP contribution in [-0.4, -0.2) is 153 Å². The third-order valence-corrected chi connectivity index (χ3v) is 6.33. The van der Waals surface area contributed by atoms with Crippen molar-refractivity contribution in [1.82, 2.24) is 0 Å². The first-order valence-electron chi connectivity index (χ1n) is 10.8. The van der Waals surface area contributed by atoms with Crippen molar-refractivity contribution in [2.24, 2.45) is 17.2 Å². The topological polar surface area (TPSA) is 286 Å². The van der Waals surface area contributed by atoms with Crippen molar-refractivity contribution in [3.05, 3.63) is 0 Å². The second-order valence-electron chi connectivity index (χ2n) is 8.59. The Labute approximate surface area is 194 Å². The van der Waals surface area contributed by atoms with Crippen LogP contribution in [0.2, 0.25) is 0 Å². The summed E-state index contributed by atoms with van der Waals surface area (Å²) < 4.78 is 27.4. The smallest absolute Gasteiger partial charge is 0.176 e. The van der Waals surface area contributed by atoms with Gasteiger partial charge in [0.25, 0.3) is 0 Å². The van der Waals surface area contributed by atoms with E-state index in [4.69, 9.17) is 40.9 Å². The van der Waals surface area contributed by atoms with Gasteiger partial charge in [0.05, 0.1) is 37.9 Å². The van der Waals surface area contributed by atoms with Crippen molar-refractivity contribution in [1.29, 1.82) is 0 Å². The predicted molar refractivity (Wildman–Crippen MR) is 107 cm³/mol. The van der Waals surface area contributed by atoms with Crippen molar-refractivity contribution in [3.63, 3.8) is 0 Å². The molecule has 3 rings (SSSR count). The Balaban J connectivity index is 1.72. The molecule has 0 spiro atoms. The summed E-state index contributed by atoms with van der Waals surface area (Å²) in [7, 11) is 0. The molecule has 0 aromatic rings. The molecular weight excluding hydrogens is 466 g/mol. The summed E-state index contributed by atoms with van der Waals surface area (Å²) in [4.78, 5) is 0. The number of nitrogens with two attached hydrogens (primary N) is 3. The molecule has 0 aliphatic carbocycles. The van der Waals surface area contributed by atoms with Crippen molar-refractivity contribution in [2.45, 2.75) is 91.9 Å². The number of rotatable bonds is 7. The van der Waals surface area contributed by atoms with Crippen molar-refractivity contribution in [3.8, 4) is 0 Å². The summed E-state index contributed by atoms with van der Waals surface area (Å²) in [5.74, 6) is 0. The van der Waals surface area contributed by atoms with Gasteiger partial charge in [0, 0.05) is 0 Å². The van der Waals surface area contributed by atoms with E-state index >= 15 is 0 Å². The predicted octanol–water partition coefficient (Wildman–Crippen LogP) is -7.67. The molecule has 6 unspecified atom stereocenters. The van der Waals surface area contributed by atoms with E-state index in [0.29, 0.717) is 0 Å². The van der Waals surface area contributed by atoms with E-state index in [1.807, 2.05) is 0 Å². The highest BCUT2D eigenvalue weighted by Gasteiger charge is 2.52. The van der Waals surface area contributed by atoms with Gasteiger partial charge in [0.1, 0.15) is 54.9 Å². The van der Waals surface area contributed by atoms with Crippen molar-refractivity contribution < 1.29 is 64.5 Å². The molecule has 15 atom stereocenters. The van der Waals surface area contributed by atoms with Gasteiger partial charge in [0.15, 0.2) is 18.9 Å². The fourth-order valence-electron chi connectivity index (χ4n) is 4.18. The average molecular weight is 501 g/mol. The summed E-state index contributed by atoms with van der Waals surface area (Å²) in [6.07, 6.45) is -16.8. The maximum Gasteiger partial charge on any atom is 0.176 e. The highest BCUT2D eigenvalue weighted by Crippen LogP contribution is 2.30. The molecule has 16 heteroatoms. The highest BCUT2D eigenvalue weighted by atomic mass is 16.7. The summed E-state index contributed by atoms with van der Waals surface area (Å²) >= 11 is 0. The van der Waals surface area contributed by atoms with Crippen LogP contribution in [0.1, 0.15) is 0 Å². The minimum Gasteiger partial charge on any atom is -0.394 e. The van der Waals surface area contributed by atoms with Gasteiger partial charge in [-0.3, -0.25) is 0 Å². The molecule has 3 fully saturated rings. The standard InChI is InChI=1S/C18H35N3O13/c19-7-12(27)14(5(2-23)30-16(7)29)33-18-9(21)13(28)15(6(3-24)32-18)34-17-8(20)11(26)10(25)4(1-22)31-17/h4-18,22-29H,1-3,19-21H2/t4-,5-,6-,7?,8-,9?,10-,11-,12?,13-,14?,15?,16?,17+,18+/m1/s1. The van der Waals surface area contributed by atoms with E-state index in [1.165, 1.54) is 0 Å². The first-order valence-corrected chi connectivity index (χ1v) is 10.8. The average Bonchev–Trinajstić information content (AvgIpc) is 2.83. The van der Waals surface area contributed by atoms with Crippen LogP contribution >= 0.6 is 0 Å². The number of ether oxygens (including phenoxy) is 5. The number of hydrogen-bond acceptors (Lipinski definition) is 16. The zero-order valence-electron chi connectivity index (χ0n) is 18.1. The van der Waals surface area contributed by atoms with Crippen LogP contribution in [0.4, 0.5) is 0 Å². The van der Waals surface area contributed by atoms with E-state index in [-0.39, 0.29) is 0 Å². The van der Waals surface area contributed by atoms with Crippen LogP contribution in [0.3, 0.4) is 0 Å². The molecule has 0 saturated carbocycles. The minimum absolute atomic E-state index is 0.651. The largest absolute Gasteiger partial charge is 0.394 e. The fourth-order valence-corrected chi connectivity index (χ4v) is 4.18. The third-order valence-electron chi connectivity index (χ3n) is 6.33. The van der Waals surface area contributed by atoms with E-state index in [1.54, 1.807) is 0 Å². The van der Waals surface area contributed by atoms with E-state index in [9.17, 15) is 40.9 Å². The second kappa shape index (κ2) is 11.6. The summed E-state index contributed by atoms with van der Waals surface area (Å²) in [6, 6.07) is -3.87. The number of aliphatic hydroxyl groups is 8. The monoisotopic (exact) mass is 501 g/mol. The van der Waals surface area contributed by atoms with Crippen LogP contribution in [0.15, 0.2) is 0 Å². The molecule has 0 amide bonds. The van der Waals surface area contributed by atoms with Gasteiger partial charge < -0.3 is 81.7 Å². The fraction of sp³-hybridized carbons (Fsp3) is 1.00. The van der Waals surface area contributed by atoms with Gasteiger partial charge in [-0.15, -0.1) is 0 Å². The van der Waals surface area contributed by atoms with Crippen LogP contribution in [-0.2, 0) is 23.7 Å². The summed E-state index contributed by atoms with van der Waals surface area (Å²) in [5, 5.41) is 79.6. The van der Waals surface area contributed by atoms with Crippen LogP contribution < -0.4 is 17.2 Å². The minimum atomic E-state index is -1.56. The SMILES string of the molecule is NC1C(O)O[C@H](CO)C(O[C@@H]2O[C@H](CO)C(O[C@@H]3O[C@H](CO)[C@@H](O)[C@H](O)[C@H]3N)[C@H](O)C2N)C1O. The molecule has 0 aromatic heterocycles. The first-order chi connectivity index (χ1) is 16.0. The molecule has 200 valence electrons. The Bertz CT molecular complexity index is 646. The van der Waals surface area contributed by atoms with Crippen LogP contribution in [0, 0.1) is 0 Å². The molecule has 34 heavy (non-hydrogen) atoms. The van der Waals surface area contributed by atoms with Gasteiger partial charge in [-0.25, -0.2) is 0 Å². The quantitative estimate of drug-likeness (QED) is 0.154. The van der Waals surface area contributed by atoms with E-state index in [0.717, 1.165) is 0 Å².